The summed E-state index contributed by atoms with van der Waals surface area (Å²) in [5, 5.41) is 6.02. The third-order valence-electron chi connectivity index (χ3n) is 5.46. The summed E-state index contributed by atoms with van der Waals surface area (Å²) in [6.07, 6.45) is 5.21. The number of anilines is 1. The first-order valence-corrected chi connectivity index (χ1v) is 10.7. The number of halogens is 1. The molecule has 1 amide bonds. The summed E-state index contributed by atoms with van der Waals surface area (Å²) in [4.78, 5) is 29.4. The SMILES string of the molecule is CNC(=O)c1ccnc2c(CCNc3cc(-c4cnc5c(c4)OCCO5)ncn3)ccc(F)c12. The summed E-state index contributed by atoms with van der Waals surface area (Å²) in [5.74, 6) is 0.853. The number of benzene rings is 1. The normalized spacial score (nSPS) is 12.4. The van der Waals surface area contributed by atoms with Crippen molar-refractivity contribution in [2.45, 2.75) is 6.42 Å². The zero-order valence-corrected chi connectivity index (χ0v) is 18.3. The van der Waals surface area contributed by atoms with Crippen molar-refractivity contribution in [2.75, 3.05) is 32.1 Å². The van der Waals surface area contributed by atoms with Crippen molar-refractivity contribution in [1.29, 1.82) is 0 Å². The molecule has 0 saturated heterocycles. The number of nitrogens with one attached hydrogen (secondary N) is 2. The molecule has 1 aliphatic heterocycles. The Hall–Kier alpha value is -4.34. The Morgan fingerprint density at radius 3 is 2.85 bits per heavy atom. The van der Waals surface area contributed by atoms with Crippen LogP contribution in [0.1, 0.15) is 15.9 Å². The topological polar surface area (TPSA) is 111 Å². The lowest BCUT2D eigenvalue weighted by atomic mass is 10.0. The van der Waals surface area contributed by atoms with Crippen molar-refractivity contribution < 1.29 is 18.7 Å². The van der Waals surface area contributed by atoms with Crippen LogP contribution in [-0.2, 0) is 6.42 Å². The lowest BCUT2D eigenvalue weighted by Crippen LogP contribution is -2.18. The van der Waals surface area contributed by atoms with E-state index in [9.17, 15) is 9.18 Å². The third-order valence-corrected chi connectivity index (χ3v) is 5.46. The van der Waals surface area contributed by atoms with Crippen molar-refractivity contribution in [3.8, 4) is 22.9 Å². The highest BCUT2D eigenvalue weighted by Crippen LogP contribution is 2.31. The lowest BCUT2D eigenvalue weighted by Gasteiger charge is -2.17. The maximum atomic E-state index is 14.5. The zero-order valence-electron chi connectivity index (χ0n) is 18.3. The van der Waals surface area contributed by atoms with Crippen LogP contribution in [0.2, 0.25) is 0 Å². The summed E-state index contributed by atoms with van der Waals surface area (Å²) in [7, 11) is 1.51. The van der Waals surface area contributed by atoms with E-state index in [1.165, 1.54) is 31.7 Å². The van der Waals surface area contributed by atoms with Crippen molar-refractivity contribution in [3.05, 3.63) is 66.0 Å². The first-order chi connectivity index (χ1) is 16.6. The molecule has 0 fully saturated rings. The molecule has 9 nitrogen and oxygen atoms in total. The van der Waals surface area contributed by atoms with E-state index in [0.29, 0.717) is 54.8 Å². The van der Waals surface area contributed by atoms with Crippen LogP contribution < -0.4 is 20.1 Å². The molecule has 0 saturated carbocycles. The van der Waals surface area contributed by atoms with Gasteiger partial charge in [0, 0.05) is 43.0 Å². The number of rotatable bonds is 6. The summed E-state index contributed by atoms with van der Waals surface area (Å²) in [5.41, 5.74) is 3.01. The van der Waals surface area contributed by atoms with Crippen molar-refractivity contribution in [3.63, 3.8) is 0 Å². The zero-order chi connectivity index (χ0) is 23.5. The number of pyridine rings is 2. The third kappa shape index (κ3) is 4.17. The molecular weight excluding hydrogens is 439 g/mol. The van der Waals surface area contributed by atoms with Crippen molar-refractivity contribution in [1.82, 2.24) is 25.3 Å². The maximum absolute atomic E-state index is 14.5. The summed E-state index contributed by atoms with van der Waals surface area (Å²) in [6.45, 7) is 1.47. The van der Waals surface area contributed by atoms with E-state index in [1.54, 1.807) is 12.3 Å². The Morgan fingerprint density at radius 1 is 1.09 bits per heavy atom. The molecule has 10 heteroatoms. The Labute approximate surface area is 194 Å². The Morgan fingerprint density at radius 2 is 1.97 bits per heavy atom. The average molecular weight is 460 g/mol. The van der Waals surface area contributed by atoms with Crippen LogP contribution in [0.3, 0.4) is 0 Å². The van der Waals surface area contributed by atoms with Gasteiger partial charge in [-0.25, -0.2) is 19.3 Å². The van der Waals surface area contributed by atoms with Gasteiger partial charge in [0.2, 0.25) is 0 Å². The molecule has 172 valence electrons. The molecule has 1 aromatic carbocycles. The predicted molar refractivity (Wildman–Crippen MR) is 124 cm³/mol. The van der Waals surface area contributed by atoms with Crippen LogP contribution in [0, 0.1) is 5.82 Å². The van der Waals surface area contributed by atoms with E-state index in [0.717, 1.165) is 11.1 Å². The molecule has 34 heavy (non-hydrogen) atoms. The van der Waals surface area contributed by atoms with Crippen molar-refractivity contribution in [2.24, 2.45) is 0 Å². The predicted octanol–water partition coefficient (Wildman–Crippen LogP) is 3.01. The molecule has 0 radical (unpaired) electrons. The van der Waals surface area contributed by atoms with Gasteiger partial charge in [-0.15, -0.1) is 0 Å². The Balaban J connectivity index is 1.33. The van der Waals surface area contributed by atoms with Crippen LogP contribution in [0.25, 0.3) is 22.2 Å². The van der Waals surface area contributed by atoms with Crippen molar-refractivity contribution >= 4 is 22.6 Å². The highest BCUT2D eigenvalue weighted by molar-refractivity contribution is 6.06. The number of amides is 1. The van der Waals surface area contributed by atoms with E-state index in [2.05, 4.69) is 30.6 Å². The number of ether oxygens (including phenoxy) is 2. The smallest absolute Gasteiger partial charge is 0.257 e. The minimum atomic E-state index is -0.480. The number of nitrogens with zero attached hydrogens (tertiary/aromatic N) is 4. The maximum Gasteiger partial charge on any atom is 0.257 e. The number of hydrogen-bond acceptors (Lipinski definition) is 8. The van der Waals surface area contributed by atoms with Crippen LogP contribution in [-0.4, -0.2) is 52.6 Å². The fraction of sp³-hybridized carbons (Fsp3) is 0.208. The van der Waals surface area contributed by atoms with Gasteiger partial charge in [-0.2, -0.15) is 0 Å². The molecule has 0 bridgehead atoms. The average Bonchev–Trinajstić information content (AvgIpc) is 2.89. The van der Waals surface area contributed by atoms with E-state index < -0.39 is 5.82 Å². The minimum Gasteiger partial charge on any atom is -0.484 e. The van der Waals surface area contributed by atoms with Crippen LogP contribution in [0.4, 0.5) is 10.2 Å². The van der Waals surface area contributed by atoms with Gasteiger partial charge in [0.05, 0.1) is 16.8 Å². The second-order valence-corrected chi connectivity index (χ2v) is 7.56. The summed E-state index contributed by atoms with van der Waals surface area (Å²) < 4.78 is 25.6. The van der Waals surface area contributed by atoms with Gasteiger partial charge in [-0.3, -0.25) is 9.78 Å². The molecule has 1 aliphatic rings. The van der Waals surface area contributed by atoms with Gasteiger partial charge >= 0.3 is 0 Å². The molecule has 5 rings (SSSR count). The van der Waals surface area contributed by atoms with Crippen LogP contribution in [0.5, 0.6) is 11.6 Å². The first kappa shape index (κ1) is 21.5. The molecule has 4 aromatic rings. The largest absolute Gasteiger partial charge is 0.484 e. The summed E-state index contributed by atoms with van der Waals surface area (Å²) in [6, 6.07) is 8.23. The van der Waals surface area contributed by atoms with E-state index in [1.807, 2.05) is 12.1 Å². The highest BCUT2D eigenvalue weighted by atomic mass is 19.1. The van der Waals surface area contributed by atoms with Gasteiger partial charge in [0.15, 0.2) is 5.75 Å². The quantitative estimate of drug-likeness (QED) is 0.452. The van der Waals surface area contributed by atoms with E-state index >= 15 is 0 Å². The van der Waals surface area contributed by atoms with Gasteiger partial charge in [0.25, 0.3) is 11.8 Å². The summed E-state index contributed by atoms with van der Waals surface area (Å²) >= 11 is 0. The van der Waals surface area contributed by atoms with E-state index in [-0.39, 0.29) is 16.9 Å². The van der Waals surface area contributed by atoms with Crippen LogP contribution in [0.15, 0.2) is 49.1 Å². The molecule has 0 unspecified atom stereocenters. The van der Waals surface area contributed by atoms with Crippen LogP contribution >= 0.6 is 0 Å². The molecule has 4 heterocycles. The minimum absolute atomic E-state index is 0.217. The number of aromatic nitrogens is 4. The fourth-order valence-corrected chi connectivity index (χ4v) is 3.82. The molecule has 0 atom stereocenters. The monoisotopic (exact) mass is 460 g/mol. The second-order valence-electron chi connectivity index (χ2n) is 7.56. The van der Waals surface area contributed by atoms with Gasteiger partial charge < -0.3 is 20.1 Å². The van der Waals surface area contributed by atoms with E-state index in [4.69, 9.17) is 9.47 Å². The lowest BCUT2D eigenvalue weighted by molar-refractivity contribution is 0.0964. The standard InChI is InChI=1S/C24H21FN6O3/c1-26-23(32)16-5-7-28-22-14(2-3-17(25)21(16)22)4-6-27-20-11-18(30-13-31-20)15-10-19-24(29-12-15)34-9-8-33-19/h2-3,5,7,10-13H,4,6,8-9H2,1H3,(H,26,32)(H,27,30,31). The van der Waals surface area contributed by atoms with Gasteiger partial charge in [-0.05, 0) is 30.2 Å². The molecule has 2 N–H and O–H groups in total. The molecular formula is C24H21FN6O3. The number of carbonyl (C=O) groups excluding carboxylic acids is 1. The molecule has 0 aliphatic carbocycles. The second kappa shape index (κ2) is 9.26. The fourth-order valence-electron chi connectivity index (χ4n) is 3.82. The Bertz CT molecular complexity index is 1380. The molecule has 0 spiro atoms. The molecule has 3 aromatic heterocycles. The van der Waals surface area contributed by atoms with Gasteiger partial charge in [0.1, 0.15) is 31.2 Å². The number of carbonyl (C=O) groups is 1. The van der Waals surface area contributed by atoms with Gasteiger partial charge in [-0.1, -0.05) is 6.07 Å². The Kier molecular flexibility index (Phi) is 5.86. The first-order valence-electron chi connectivity index (χ1n) is 10.7. The number of fused-ring (bicyclic) bond motifs is 2. The highest BCUT2D eigenvalue weighted by Gasteiger charge is 2.17. The number of hydrogen-bond donors (Lipinski definition) is 2.